The van der Waals surface area contributed by atoms with Gasteiger partial charge in [-0.3, -0.25) is 4.68 Å². The average molecular weight is 347 g/mol. The molecule has 0 radical (unpaired) electrons. The van der Waals surface area contributed by atoms with Crippen molar-refractivity contribution in [3.05, 3.63) is 41.7 Å². The molecule has 2 aromatic rings. The number of fused-ring (bicyclic) bond motifs is 1. The Morgan fingerprint density at radius 1 is 1.21 bits per heavy atom. The van der Waals surface area contributed by atoms with Crippen molar-refractivity contribution in [3.8, 4) is 5.75 Å². The number of ether oxygens (including phenoxy) is 1. The number of piperidine rings is 1. The summed E-state index contributed by atoms with van der Waals surface area (Å²) in [7, 11) is -1.50. The van der Waals surface area contributed by atoms with Crippen LogP contribution < -0.4 is 4.74 Å². The largest absolute Gasteiger partial charge is 0.493 e. The Balaban J connectivity index is 1.51. The van der Waals surface area contributed by atoms with Crippen LogP contribution in [0.5, 0.6) is 5.75 Å². The molecule has 1 aromatic carbocycles. The Labute approximate surface area is 142 Å². The molecule has 0 N–H and O–H groups in total. The molecule has 3 heterocycles. The summed E-state index contributed by atoms with van der Waals surface area (Å²) in [6, 6.07) is 7.23. The van der Waals surface area contributed by atoms with Crippen molar-refractivity contribution in [3.63, 3.8) is 0 Å². The van der Waals surface area contributed by atoms with Crippen LogP contribution in [0.3, 0.4) is 0 Å². The summed E-state index contributed by atoms with van der Waals surface area (Å²) in [6.45, 7) is 1.73. The van der Waals surface area contributed by atoms with E-state index in [1.807, 2.05) is 17.8 Å². The molecule has 2 aliphatic heterocycles. The molecular weight excluding hydrogens is 326 g/mol. The molecule has 6 nitrogen and oxygen atoms in total. The van der Waals surface area contributed by atoms with Crippen LogP contribution in [0.25, 0.3) is 0 Å². The van der Waals surface area contributed by atoms with Gasteiger partial charge in [-0.25, -0.2) is 8.42 Å². The smallest absolute Gasteiger partial charge is 0.243 e. The normalized spacial score (nSPS) is 19.2. The highest BCUT2D eigenvalue weighted by atomic mass is 32.2. The van der Waals surface area contributed by atoms with Gasteiger partial charge in [-0.05, 0) is 42.7 Å². The number of rotatable bonds is 3. The van der Waals surface area contributed by atoms with Crippen LogP contribution >= 0.6 is 0 Å². The molecule has 0 spiro atoms. The molecule has 1 saturated heterocycles. The first-order valence-electron chi connectivity index (χ1n) is 8.29. The first-order valence-corrected chi connectivity index (χ1v) is 9.73. The van der Waals surface area contributed by atoms with Crippen molar-refractivity contribution >= 4 is 10.0 Å². The molecule has 1 aromatic heterocycles. The van der Waals surface area contributed by atoms with Gasteiger partial charge in [-0.2, -0.15) is 9.40 Å². The lowest BCUT2D eigenvalue weighted by Gasteiger charge is -2.31. The lowest BCUT2D eigenvalue weighted by Crippen LogP contribution is -2.38. The van der Waals surface area contributed by atoms with Crippen LogP contribution in [0, 0.1) is 0 Å². The maximum Gasteiger partial charge on any atom is 0.243 e. The molecule has 128 valence electrons. The molecule has 4 rings (SSSR count). The third kappa shape index (κ3) is 2.61. The minimum Gasteiger partial charge on any atom is -0.493 e. The summed E-state index contributed by atoms with van der Waals surface area (Å²) < 4.78 is 34.8. The number of nitrogens with zero attached hydrogens (tertiary/aromatic N) is 3. The lowest BCUT2D eigenvalue weighted by atomic mass is 9.95. The summed E-state index contributed by atoms with van der Waals surface area (Å²) in [4.78, 5) is 0.380. The van der Waals surface area contributed by atoms with E-state index in [1.54, 1.807) is 28.7 Å². The van der Waals surface area contributed by atoms with Gasteiger partial charge in [0.05, 0.1) is 11.5 Å². The third-order valence-electron chi connectivity index (χ3n) is 5.03. The fraction of sp³-hybridized carbons (Fsp3) is 0.471. The van der Waals surface area contributed by atoms with E-state index < -0.39 is 10.0 Å². The second-order valence-corrected chi connectivity index (χ2v) is 8.36. The SMILES string of the molecule is Cn1nccc1C1CCN(S(=O)(=O)c2ccc3c(c2)CCO3)CC1. The summed E-state index contributed by atoms with van der Waals surface area (Å²) in [5.41, 5.74) is 2.17. The number of aromatic nitrogens is 2. The van der Waals surface area contributed by atoms with E-state index in [0.717, 1.165) is 30.6 Å². The van der Waals surface area contributed by atoms with Crippen LogP contribution in [0.2, 0.25) is 0 Å². The molecule has 0 bridgehead atoms. The minimum absolute atomic E-state index is 0.373. The summed E-state index contributed by atoms with van der Waals surface area (Å²) >= 11 is 0. The van der Waals surface area contributed by atoms with Gasteiger partial charge in [0, 0.05) is 44.4 Å². The van der Waals surface area contributed by atoms with E-state index in [2.05, 4.69) is 5.10 Å². The zero-order valence-corrected chi connectivity index (χ0v) is 14.5. The quantitative estimate of drug-likeness (QED) is 0.851. The van der Waals surface area contributed by atoms with E-state index in [4.69, 9.17) is 4.74 Å². The van der Waals surface area contributed by atoms with Gasteiger partial charge in [0.15, 0.2) is 0 Å². The van der Waals surface area contributed by atoms with Crippen LogP contribution in [-0.2, 0) is 23.5 Å². The van der Waals surface area contributed by atoms with E-state index in [-0.39, 0.29) is 0 Å². The maximum atomic E-state index is 12.9. The molecule has 0 unspecified atom stereocenters. The second kappa shape index (κ2) is 5.89. The molecule has 0 amide bonds. The number of hydrogen-bond donors (Lipinski definition) is 0. The van der Waals surface area contributed by atoms with E-state index in [9.17, 15) is 8.42 Å². The van der Waals surface area contributed by atoms with Crippen LogP contribution in [-0.4, -0.2) is 42.2 Å². The summed E-state index contributed by atoms with van der Waals surface area (Å²) in [5, 5.41) is 4.21. The Kier molecular flexibility index (Phi) is 3.85. The zero-order chi connectivity index (χ0) is 16.7. The van der Waals surface area contributed by atoms with Crippen LogP contribution in [0.1, 0.15) is 30.0 Å². The average Bonchev–Trinajstić information content (AvgIpc) is 3.22. The van der Waals surface area contributed by atoms with Gasteiger partial charge in [-0.15, -0.1) is 0 Å². The zero-order valence-electron chi connectivity index (χ0n) is 13.7. The molecule has 1 fully saturated rings. The topological polar surface area (TPSA) is 64.4 Å². The van der Waals surface area contributed by atoms with Crippen molar-refractivity contribution in [2.45, 2.75) is 30.1 Å². The van der Waals surface area contributed by atoms with E-state index in [1.165, 1.54) is 5.69 Å². The van der Waals surface area contributed by atoms with Gasteiger partial charge >= 0.3 is 0 Å². The van der Waals surface area contributed by atoms with Gasteiger partial charge in [0.2, 0.25) is 10.0 Å². The highest BCUT2D eigenvalue weighted by Crippen LogP contribution is 2.32. The summed E-state index contributed by atoms with van der Waals surface area (Å²) in [6.07, 6.45) is 4.23. The number of aryl methyl sites for hydroxylation is 1. The Morgan fingerprint density at radius 3 is 2.71 bits per heavy atom. The number of sulfonamides is 1. The number of benzene rings is 1. The molecule has 0 aliphatic carbocycles. The van der Waals surface area contributed by atoms with E-state index >= 15 is 0 Å². The minimum atomic E-state index is -3.43. The van der Waals surface area contributed by atoms with Crippen molar-refractivity contribution in [2.24, 2.45) is 7.05 Å². The molecule has 0 atom stereocenters. The molecule has 24 heavy (non-hydrogen) atoms. The van der Waals surface area contributed by atoms with Gasteiger partial charge in [-0.1, -0.05) is 0 Å². The van der Waals surface area contributed by atoms with Crippen molar-refractivity contribution in [2.75, 3.05) is 19.7 Å². The standard InChI is InChI=1S/C17H21N3O3S/c1-19-16(4-8-18-19)13-5-9-20(10-6-13)24(21,22)15-2-3-17-14(12-15)7-11-23-17/h2-4,8,12-13H,5-7,9-11H2,1H3. The van der Waals surface area contributed by atoms with Crippen molar-refractivity contribution in [1.82, 2.24) is 14.1 Å². The first-order chi connectivity index (χ1) is 11.6. The van der Waals surface area contributed by atoms with Crippen molar-refractivity contribution in [1.29, 1.82) is 0 Å². The second-order valence-electron chi connectivity index (χ2n) is 6.43. The highest BCUT2D eigenvalue weighted by molar-refractivity contribution is 7.89. The molecule has 7 heteroatoms. The Morgan fingerprint density at radius 2 is 2.00 bits per heavy atom. The fourth-order valence-electron chi connectivity index (χ4n) is 3.65. The first kappa shape index (κ1) is 15.7. The Hall–Kier alpha value is -1.86. The van der Waals surface area contributed by atoms with Crippen molar-refractivity contribution < 1.29 is 13.2 Å². The monoisotopic (exact) mass is 347 g/mol. The fourth-order valence-corrected chi connectivity index (χ4v) is 5.17. The third-order valence-corrected chi connectivity index (χ3v) is 6.92. The molecular formula is C17H21N3O3S. The lowest BCUT2D eigenvalue weighted by molar-refractivity contribution is 0.313. The predicted octanol–water partition coefficient (Wildman–Crippen LogP) is 1.92. The maximum absolute atomic E-state index is 12.9. The van der Waals surface area contributed by atoms with Gasteiger partial charge < -0.3 is 4.74 Å². The molecule has 0 saturated carbocycles. The molecule has 2 aliphatic rings. The Bertz CT molecular complexity index is 852. The predicted molar refractivity (Wildman–Crippen MR) is 89.6 cm³/mol. The van der Waals surface area contributed by atoms with Gasteiger partial charge in [0.25, 0.3) is 0 Å². The number of hydrogen-bond acceptors (Lipinski definition) is 4. The van der Waals surface area contributed by atoms with Gasteiger partial charge in [0.1, 0.15) is 5.75 Å². The summed E-state index contributed by atoms with van der Waals surface area (Å²) in [5.74, 6) is 1.18. The van der Waals surface area contributed by atoms with Crippen LogP contribution in [0.15, 0.2) is 35.4 Å². The highest BCUT2D eigenvalue weighted by Gasteiger charge is 2.31. The van der Waals surface area contributed by atoms with E-state index in [0.29, 0.717) is 30.5 Å². The van der Waals surface area contributed by atoms with Crippen LogP contribution in [0.4, 0.5) is 0 Å².